The van der Waals surface area contributed by atoms with Crippen molar-refractivity contribution in [1.29, 1.82) is 0 Å². The maximum atomic E-state index is 13.5. The Morgan fingerprint density at radius 1 is 1.25 bits per heavy atom. The molecule has 1 saturated heterocycles. The van der Waals surface area contributed by atoms with Gasteiger partial charge in [-0.25, -0.2) is 4.79 Å². The van der Waals surface area contributed by atoms with Crippen molar-refractivity contribution in [3.63, 3.8) is 0 Å². The molecule has 7 nitrogen and oxygen atoms in total. The lowest BCUT2D eigenvalue weighted by Crippen LogP contribution is -2.49. The van der Waals surface area contributed by atoms with Gasteiger partial charge in [0.25, 0.3) is 0 Å². The standard InChI is InChI=1S/C21H17BrF3N5O2/c1-28-12-26-27-18(28)8-20(10-32-11-20)13-5-14(22)7-15(6-13)30-9-17-16(21(23,24)25)3-2-4-29(17)19(30)31/h2-7,9,12H,8,10-11H2,1H3. The van der Waals surface area contributed by atoms with Crippen LogP contribution in [0, 0.1) is 0 Å². The van der Waals surface area contributed by atoms with Crippen LogP contribution >= 0.6 is 15.9 Å². The molecular formula is C21H17BrF3N5O2. The zero-order valence-corrected chi connectivity index (χ0v) is 18.4. The normalized spacial score (nSPS) is 15.8. The first-order valence-corrected chi connectivity index (χ1v) is 10.5. The van der Waals surface area contributed by atoms with E-state index in [-0.39, 0.29) is 10.9 Å². The smallest absolute Gasteiger partial charge is 0.379 e. The van der Waals surface area contributed by atoms with Crippen molar-refractivity contribution in [3.8, 4) is 5.69 Å². The molecule has 0 spiro atoms. The fraction of sp³-hybridized carbons (Fsp3) is 0.286. The highest BCUT2D eigenvalue weighted by atomic mass is 79.9. The van der Waals surface area contributed by atoms with Crippen LogP contribution in [-0.2, 0) is 29.8 Å². The molecule has 4 aromatic rings. The molecule has 5 rings (SSSR count). The van der Waals surface area contributed by atoms with Gasteiger partial charge in [0.2, 0.25) is 0 Å². The predicted octanol–water partition coefficient (Wildman–Crippen LogP) is 3.51. The molecule has 32 heavy (non-hydrogen) atoms. The zero-order valence-electron chi connectivity index (χ0n) is 16.8. The summed E-state index contributed by atoms with van der Waals surface area (Å²) in [5, 5.41) is 8.09. The molecule has 0 atom stereocenters. The lowest BCUT2D eigenvalue weighted by molar-refractivity contribution is -0.136. The van der Waals surface area contributed by atoms with Crippen LogP contribution in [-0.4, -0.2) is 36.9 Å². The highest BCUT2D eigenvalue weighted by molar-refractivity contribution is 9.10. The molecule has 1 aliphatic heterocycles. The molecule has 4 heterocycles. The van der Waals surface area contributed by atoms with Gasteiger partial charge in [-0.05, 0) is 35.9 Å². The Morgan fingerprint density at radius 3 is 2.66 bits per heavy atom. The molecule has 0 amide bonds. The van der Waals surface area contributed by atoms with Gasteiger partial charge in [0.05, 0.1) is 30.0 Å². The zero-order chi connectivity index (χ0) is 22.7. The SMILES string of the molecule is Cn1cnnc1CC1(c2cc(Br)cc(-n3cc4c(C(F)(F)F)cccn4c3=O)c2)COC1. The van der Waals surface area contributed by atoms with Crippen LogP contribution in [0.4, 0.5) is 13.2 Å². The van der Waals surface area contributed by atoms with E-state index in [0.717, 1.165) is 21.9 Å². The lowest BCUT2D eigenvalue weighted by atomic mass is 9.75. The maximum absolute atomic E-state index is 13.5. The summed E-state index contributed by atoms with van der Waals surface area (Å²) >= 11 is 3.49. The Labute approximate surface area is 188 Å². The van der Waals surface area contributed by atoms with Crippen LogP contribution in [0.15, 0.2) is 58.3 Å². The molecule has 1 aromatic carbocycles. The summed E-state index contributed by atoms with van der Waals surface area (Å²) in [5.41, 5.74) is -0.666. The van der Waals surface area contributed by atoms with Gasteiger partial charge < -0.3 is 9.30 Å². The molecule has 0 aliphatic carbocycles. The van der Waals surface area contributed by atoms with E-state index in [0.29, 0.717) is 29.8 Å². The van der Waals surface area contributed by atoms with Crippen LogP contribution in [0.1, 0.15) is 17.0 Å². The second-order valence-corrected chi connectivity index (χ2v) is 8.88. The van der Waals surface area contributed by atoms with Crippen LogP contribution in [0.25, 0.3) is 11.2 Å². The molecular weight excluding hydrogens is 491 g/mol. The van der Waals surface area contributed by atoms with E-state index in [2.05, 4.69) is 26.1 Å². The van der Waals surface area contributed by atoms with E-state index in [1.165, 1.54) is 23.0 Å². The second-order valence-electron chi connectivity index (χ2n) is 7.96. The third-order valence-electron chi connectivity index (χ3n) is 5.83. The molecule has 11 heteroatoms. The largest absolute Gasteiger partial charge is 0.418 e. The van der Waals surface area contributed by atoms with E-state index in [9.17, 15) is 18.0 Å². The van der Waals surface area contributed by atoms with Crippen LogP contribution in [0.5, 0.6) is 0 Å². The predicted molar refractivity (Wildman–Crippen MR) is 113 cm³/mol. The monoisotopic (exact) mass is 507 g/mol. The molecule has 0 radical (unpaired) electrons. The van der Waals surface area contributed by atoms with E-state index >= 15 is 0 Å². The van der Waals surface area contributed by atoms with Crippen molar-refractivity contribution in [1.82, 2.24) is 23.7 Å². The quantitative estimate of drug-likeness (QED) is 0.424. The molecule has 1 aliphatic rings. The van der Waals surface area contributed by atoms with Crippen molar-refractivity contribution in [2.24, 2.45) is 7.05 Å². The van der Waals surface area contributed by atoms with Gasteiger partial charge in [-0.15, -0.1) is 10.2 Å². The summed E-state index contributed by atoms with van der Waals surface area (Å²) in [6, 6.07) is 7.64. The Hall–Kier alpha value is -2.92. The number of nitrogens with zero attached hydrogens (tertiary/aromatic N) is 5. The Bertz CT molecular complexity index is 1380. The highest BCUT2D eigenvalue weighted by Gasteiger charge is 2.42. The molecule has 0 bridgehead atoms. The number of alkyl halides is 3. The van der Waals surface area contributed by atoms with E-state index in [1.54, 1.807) is 12.4 Å². The van der Waals surface area contributed by atoms with Crippen LogP contribution in [0.2, 0.25) is 0 Å². The molecule has 3 aromatic heterocycles. The number of imidazole rings is 1. The minimum atomic E-state index is -4.57. The minimum Gasteiger partial charge on any atom is -0.379 e. The lowest BCUT2D eigenvalue weighted by Gasteiger charge is -2.42. The number of aromatic nitrogens is 5. The third kappa shape index (κ3) is 3.36. The van der Waals surface area contributed by atoms with Gasteiger partial charge in [-0.2, -0.15) is 13.2 Å². The summed E-state index contributed by atoms with van der Waals surface area (Å²) < 4.78 is 50.7. The van der Waals surface area contributed by atoms with Crippen LogP contribution < -0.4 is 5.69 Å². The number of ether oxygens (including phenoxy) is 1. The Balaban J connectivity index is 1.64. The summed E-state index contributed by atoms with van der Waals surface area (Å²) in [6.07, 6.45) is 0.182. The van der Waals surface area contributed by atoms with Gasteiger partial charge in [0.1, 0.15) is 12.2 Å². The van der Waals surface area contributed by atoms with Crippen molar-refractivity contribution >= 4 is 21.4 Å². The van der Waals surface area contributed by atoms with Gasteiger partial charge in [0.15, 0.2) is 0 Å². The first kappa shape index (κ1) is 21.0. The Kier molecular flexibility index (Phi) is 4.79. The van der Waals surface area contributed by atoms with E-state index < -0.39 is 17.4 Å². The molecule has 0 N–H and O–H groups in total. The topological polar surface area (TPSA) is 66.3 Å². The summed E-state index contributed by atoms with van der Waals surface area (Å²) in [4.78, 5) is 13.0. The summed E-state index contributed by atoms with van der Waals surface area (Å²) in [5.74, 6) is 0.788. The molecule has 166 valence electrons. The minimum absolute atomic E-state index is 0.202. The summed E-state index contributed by atoms with van der Waals surface area (Å²) in [6.45, 7) is 0.918. The van der Waals surface area contributed by atoms with Gasteiger partial charge in [0, 0.05) is 35.7 Å². The number of fused-ring (bicyclic) bond motifs is 1. The number of hydrogen-bond donors (Lipinski definition) is 0. The van der Waals surface area contributed by atoms with Crippen molar-refractivity contribution in [3.05, 3.63) is 81.0 Å². The van der Waals surface area contributed by atoms with E-state index in [1.807, 2.05) is 23.7 Å². The van der Waals surface area contributed by atoms with Crippen molar-refractivity contribution < 1.29 is 17.9 Å². The van der Waals surface area contributed by atoms with Crippen LogP contribution in [0.3, 0.4) is 0 Å². The Morgan fingerprint density at radius 2 is 2.03 bits per heavy atom. The van der Waals surface area contributed by atoms with Gasteiger partial charge in [-0.1, -0.05) is 15.9 Å². The van der Waals surface area contributed by atoms with Gasteiger partial charge in [-0.3, -0.25) is 8.97 Å². The average Bonchev–Trinajstić information content (AvgIpc) is 3.26. The molecule has 0 saturated carbocycles. The second kappa shape index (κ2) is 7.31. The fourth-order valence-corrected chi connectivity index (χ4v) is 4.53. The molecule has 0 unspecified atom stereocenters. The number of pyridine rings is 1. The van der Waals surface area contributed by atoms with Gasteiger partial charge >= 0.3 is 11.9 Å². The number of aryl methyl sites for hydroxylation is 1. The van der Waals surface area contributed by atoms with Crippen molar-refractivity contribution in [2.75, 3.05) is 13.2 Å². The third-order valence-corrected chi connectivity index (χ3v) is 6.29. The summed E-state index contributed by atoms with van der Waals surface area (Å²) in [7, 11) is 1.86. The number of halogens is 4. The number of rotatable bonds is 4. The first-order valence-electron chi connectivity index (χ1n) is 9.70. The number of benzene rings is 1. The van der Waals surface area contributed by atoms with Crippen molar-refractivity contribution in [2.45, 2.75) is 18.0 Å². The maximum Gasteiger partial charge on any atom is 0.418 e. The highest BCUT2D eigenvalue weighted by Crippen LogP contribution is 2.38. The average molecular weight is 508 g/mol. The fourth-order valence-electron chi connectivity index (χ4n) is 4.05. The number of hydrogen-bond acceptors (Lipinski definition) is 4. The first-order chi connectivity index (χ1) is 15.2. The molecule has 1 fully saturated rings. The van der Waals surface area contributed by atoms with E-state index in [4.69, 9.17) is 4.74 Å².